The number of likely N-dealkylation sites (tertiary alicyclic amines) is 1. The van der Waals surface area contributed by atoms with E-state index in [1.54, 1.807) is 38.6 Å². The molecule has 1 N–H and O–H groups in total. The van der Waals surface area contributed by atoms with Crippen LogP contribution >= 0.6 is 27.7 Å². The van der Waals surface area contributed by atoms with Crippen molar-refractivity contribution in [2.24, 2.45) is 11.8 Å². The van der Waals surface area contributed by atoms with Gasteiger partial charge >= 0.3 is 0 Å². The fourth-order valence-corrected chi connectivity index (χ4v) is 10.4. The molecule has 0 aliphatic carbocycles. The maximum Gasteiger partial charge on any atom is 0.247 e. The second-order valence-electron chi connectivity index (χ2n) is 12.1. The van der Waals surface area contributed by atoms with Crippen LogP contribution < -0.4 is 0 Å². The molecule has 0 aromatic heterocycles. The van der Waals surface area contributed by atoms with Crippen LogP contribution in [0.1, 0.15) is 46.1 Å². The summed E-state index contributed by atoms with van der Waals surface area (Å²) >= 11 is 5.48. The minimum Gasteiger partial charge on any atom is -0.394 e. The third-order valence-electron chi connectivity index (χ3n) is 8.59. The SMILES string of the molecule is C=CCN(Cc1ccccc1)C(=O)[C@H]1[C@@H]2SC3(CC2Br)C(C(=O)N(CC=C)C(C)(C)C)N([C@@H](CC)CO)C(=O)[C@H]13. The van der Waals surface area contributed by atoms with Gasteiger partial charge in [-0.05, 0) is 39.2 Å². The molecule has 0 saturated carbocycles. The van der Waals surface area contributed by atoms with Crippen molar-refractivity contribution in [1.82, 2.24) is 14.7 Å². The maximum absolute atomic E-state index is 14.5. The lowest BCUT2D eigenvalue weighted by Gasteiger charge is -2.43. The van der Waals surface area contributed by atoms with Crippen LogP contribution in [0.4, 0.5) is 0 Å². The Labute approximate surface area is 251 Å². The standard InChI is InChI=1S/C31H42BrN3O4S/c1-7-15-33(18-20-13-11-10-12-14-20)27(37)23-24-28(38)35(21(9-3)19-36)26(31(24)17-22(32)25(23)40-31)29(39)34(16-8-2)30(4,5)6/h7-8,10-14,21-26,36H,1-2,9,15-19H2,3-6H3/t21-,22?,23+,24-,25+,26?,31?/m0/s1. The summed E-state index contributed by atoms with van der Waals surface area (Å²) in [6, 6.07) is 8.51. The minimum absolute atomic E-state index is 0.0234. The minimum atomic E-state index is -0.781. The van der Waals surface area contributed by atoms with Crippen molar-refractivity contribution in [2.75, 3.05) is 19.7 Å². The van der Waals surface area contributed by atoms with Crippen molar-refractivity contribution in [2.45, 2.75) is 79.5 Å². The van der Waals surface area contributed by atoms with Gasteiger partial charge in [0.05, 0.1) is 29.2 Å². The van der Waals surface area contributed by atoms with Gasteiger partial charge in [-0.2, -0.15) is 0 Å². The van der Waals surface area contributed by atoms with Gasteiger partial charge in [-0.25, -0.2) is 0 Å². The molecule has 3 fully saturated rings. The molecule has 1 spiro atoms. The average Bonchev–Trinajstić information content (AvgIpc) is 3.50. The van der Waals surface area contributed by atoms with Crippen molar-refractivity contribution in [1.29, 1.82) is 0 Å². The molecule has 3 aliphatic rings. The normalized spacial score (nSPS) is 29.7. The van der Waals surface area contributed by atoms with E-state index >= 15 is 0 Å². The molecule has 1 aromatic rings. The van der Waals surface area contributed by atoms with Gasteiger partial charge in [-0.1, -0.05) is 65.3 Å². The summed E-state index contributed by atoms with van der Waals surface area (Å²) in [6.45, 7) is 16.5. The Hall–Kier alpha value is -2.10. The first kappa shape index (κ1) is 30.8. The molecule has 3 unspecified atom stereocenters. The summed E-state index contributed by atoms with van der Waals surface area (Å²) in [6.07, 6.45) is 4.53. The van der Waals surface area contributed by atoms with Crippen molar-refractivity contribution in [3.63, 3.8) is 0 Å². The van der Waals surface area contributed by atoms with Crippen molar-refractivity contribution < 1.29 is 19.5 Å². The number of rotatable bonds is 11. The first-order valence-electron chi connectivity index (χ1n) is 14.1. The van der Waals surface area contributed by atoms with Gasteiger partial charge in [0.15, 0.2) is 0 Å². The molecule has 3 heterocycles. The molecule has 7 atom stereocenters. The number of benzene rings is 1. The fourth-order valence-electron chi connectivity index (χ4n) is 6.81. The third-order valence-corrected chi connectivity index (χ3v) is 11.8. The molecule has 2 bridgehead atoms. The smallest absolute Gasteiger partial charge is 0.247 e. The van der Waals surface area contributed by atoms with Gasteiger partial charge in [0.1, 0.15) is 6.04 Å². The highest BCUT2D eigenvalue weighted by Gasteiger charge is 2.76. The Balaban J connectivity index is 1.80. The van der Waals surface area contributed by atoms with Crippen LogP contribution in [-0.2, 0) is 20.9 Å². The van der Waals surface area contributed by atoms with Crippen LogP contribution in [0.25, 0.3) is 0 Å². The molecule has 4 rings (SSSR count). The predicted molar refractivity (Wildman–Crippen MR) is 164 cm³/mol. The average molecular weight is 633 g/mol. The number of amides is 3. The van der Waals surface area contributed by atoms with E-state index in [4.69, 9.17) is 0 Å². The summed E-state index contributed by atoms with van der Waals surface area (Å²) in [5, 5.41) is 10.2. The van der Waals surface area contributed by atoms with Crippen LogP contribution in [0, 0.1) is 11.8 Å². The highest BCUT2D eigenvalue weighted by Crippen LogP contribution is 2.68. The highest BCUT2D eigenvalue weighted by atomic mass is 79.9. The molecular weight excluding hydrogens is 590 g/mol. The molecule has 0 radical (unpaired) electrons. The molecule has 7 nitrogen and oxygen atoms in total. The molecule has 3 amide bonds. The van der Waals surface area contributed by atoms with E-state index in [0.29, 0.717) is 32.5 Å². The van der Waals surface area contributed by atoms with E-state index in [1.807, 2.05) is 58.0 Å². The van der Waals surface area contributed by atoms with Crippen molar-refractivity contribution in [3.05, 3.63) is 61.2 Å². The Bertz CT molecular complexity index is 1140. The number of carbonyl (C=O) groups excluding carboxylic acids is 3. The van der Waals surface area contributed by atoms with E-state index in [0.717, 1.165) is 5.56 Å². The maximum atomic E-state index is 14.5. The molecule has 9 heteroatoms. The van der Waals surface area contributed by atoms with E-state index in [2.05, 4.69) is 29.1 Å². The Morgan fingerprint density at radius 1 is 1.20 bits per heavy atom. The number of hydrogen-bond donors (Lipinski definition) is 1. The zero-order chi connectivity index (χ0) is 29.4. The zero-order valence-corrected chi connectivity index (χ0v) is 26.4. The predicted octanol–water partition coefficient (Wildman–Crippen LogP) is 4.25. The number of fused-ring (bicyclic) bond motifs is 1. The summed E-state index contributed by atoms with van der Waals surface area (Å²) in [5.41, 5.74) is 0.499. The fraction of sp³-hybridized carbons (Fsp3) is 0.581. The zero-order valence-electron chi connectivity index (χ0n) is 24.0. The second kappa shape index (κ2) is 12.0. The van der Waals surface area contributed by atoms with Crippen LogP contribution in [0.15, 0.2) is 55.6 Å². The van der Waals surface area contributed by atoms with E-state index < -0.39 is 34.2 Å². The van der Waals surface area contributed by atoms with E-state index in [1.165, 1.54) is 0 Å². The van der Waals surface area contributed by atoms with Gasteiger partial charge in [0, 0.05) is 35.3 Å². The summed E-state index contributed by atoms with van der Waals surface area (Å²) in [4.78, 5) is 48.5. The van der Waals surface area contributed by atoms with E-state index in [9.17, 15) is 19.5 Å². The van der Waals surface area contributed by atoms with Gasteiger partial charge in [0.25, 0.3) is 0 Å². The molecule has 3 aliphatic heterocycles. The largest absolute Gasteiger partial charge is 0.394 e. The first-order chi connectivity index (χ1) is 19.0. The number of halogens is 1. The third kappa shape index (κ3) is 5.18. The number of aliphatic hydroxyl groups excluding tert-OH is 1. The Morgan fingerprint density at radius 2 is 1.85 bits per heavy atom. The number of nitrogens with zero attached hydrogens (tertiary/aromatic N) is 3. The van der Waals surface area contributed by atoms with Gasteiger partial charge in [-0.15, -0.1) is 24.9 Å². The highest BCUT2D eigenvalue weighted by molar-refractivity contribution is 9.09. The number of carbonyl (C=O) groups is 3. The quantitative estimate of drug-likeness (QED) is 0.292. The Kier molecular flexibility index (Phi) is 9.27. The van der Waals surface area contributed by atoms with Gasteiger partial charge < -0.3 is 19.8 Å². The summed E-state index contributed by atoms with van der Waals surface area (Å²) in [7, 11) is 0. The first-order valence-corrected chi connectivity index (χ1v) is 15.9. The second-order valence-corrected chi connectivity index (χ2v) is 14.8. The monoisotopic (exact) mass is 631 g/mol. The number of aliphatic hydroxyl groups is 1. The number of thioether (sulfide) groups is 1. The lowest BCUT2D eigenvalue weighted by molar-refractivity contribution is -0.149. The van der Waals surface area contributed by atoms with E-state index in [-0.39, 0.29) is 34.4 Å². The van der Waals surface area contributed by atoms with Crippen LogP contribution in [0.3, 0.4) is 0 Å². The lowest BCUT2D eigenvalue weighted by Crippen LogP contribution is -2.60. The topological polar surface area (TPSA) is 81.2 Å². The van der Waals surface area contributed by atoms with Gasteiger partial charge in [-0.3, -0.25) is 14.4 Å². The number of alkyl halides is 1. The van der Waals surface area contributed by atoms with Crippen molar-refractivity contribution in [3.8, 4) is 0 Å². The van der Waals surface area contributed by atoms with Crippen molar-refractivity contribution >= 4 is 45.4 Å². The number of hydrogen-bond acceptors (Lipinski definition) is 5. The summed E-state index contributed by atoms with van der Waals surface area (Å²) in [5.74, 6) is -1.67. The van der Waals surface area contributed by atoms with Gasteiger partial charge in [0.2, 0.25) is 17.7 Å². The molecule has 218 valence electrons. The summed E-state index contributed by atoms with van der Waals surface area (Å²) < 4.78 is -0.771. The van der Waals surface area contributed by atoms with Crippen LogP contribution in [0.2, 0.25) is 0 Å². The van der Waals surface area contributed by atoms with Crippen LogP contribution in [-0.4, -0.2) is 89.7 Å². The Morgan fingerprint density at radius 3 is 2.40 bits per heavy atom. The molecule has 1 aromatic carbocycles. The molecule has 3 saturated heterocycles. The molecule has 40 heavy (non-hydrogen) atoms. The lowest BCUT2D eigenvalue weighted by atomic mass is 9.70. The van der Waals surface area contributed by atoms with Crippen LogP contribution in [0.5, 0.6) is 0 Å². The molecular formula is C31H42BrN3O4S.